The molecule has 1 aromatic rings. The molecule has 0 saturated heterocycles. The van der Waals surface area contributed by atoms with Crippen LogP contribution in [0.1, 0.15) is 102 Å². The van der Waals surface area contributed by atoms with E-state index in [-0.39, 0.29) is 0 Å². The predicted molar refractivity (Wildman–Crippen MR) is 111 cm³/mol. The minimum atomic E-state index is 0.938. The van der Waals surface area contributed by atoms with Gasteiger partial charge in [0.1, 0.15) is 0 Å². The van der Waals surface area contributed by atoms with Crippen molar-refractivity contribution < 1.29 is 0 Å². The zero-order valence-corrected chi connectivity index (χ0v) is 16.7. The smallest absolute Gasteiger partial charge is 0.0245 e. The first-order chi connectivity index (χ1) is 12.3. The Labute approximate surface area is 156 Å². The molecule has 0 radical (unpaired) electrons. The van der Waals surface area contributed by atoms with Crippen molar-refractivity contribution >= 4 is 0 Å². The summed E-state index contributed by atoms with van der Waals surface area (Å²) in [6, 6.07) is 8.95. The van der Waals surface area contributed by atoms with Crippen molar-refractivity contribution in [3.63, 3.8) is 0 Å². The molecule has 0 unspecified atom stereocenters. The van der Waals surface area contributed by atoms with Gasteiger partial charge < -0.3 is 0 Å². The highest BCUT2D eigenvalue weighted by atomic mass is 14.2. The standard InChI is InChI=1S/C25H38/c1-3-5-6-7-11-23-18-20-25(21-19-23)13-9-8-12-24-16-14-22(10-4-2)15-17-24/h18-22,24H,3-8,10-12,14-17H2,1-2H3. The number of benzene rings is 1. The molecule has 0 atom stereocenters. The van der Waals surface area contributed by atoms with Gasteiger partial charge in [-0.25, -0.2) is 0 Å². The lowest BCUT2D eigenvalue weighted by Gasteiger charge is -2.27. The topological polar surface area (TPSA) is 0 Å². The number of rotatable bonds is 9. The summed E-state index contributed by atoms with van der Waals surface area (Å²) in [6.07, 6.45) is 17.6. The lowest BCUT2D eigenvalue weighted by Crippen LogP contribution is -2.14. The van der Waals surface area contributed by atoms with Crippen molar-refractivity contribution in [3.05, 3.63) is 35.4 Å². The van der Waals surface area contributed by atoms with E-state index in [2.05, 4.69) is 50.0 Å². The van der Waals surface area contributed by atoms with Crippen LogP contribution in [0.2, 0.25) is 0 Å². The van der Waals surface area contributed by atoms with E-state index in [1.165, 1.54) is 88.2 Å². The molecule has 0 bridgehead atoms. The average molecular weight is 339 g/mol. The maximum atomic E-state index is 3.41. The fourth-order valence-electron chi connectivity index (χ4n) is 4.17. The van der Waals surface area contributed by atoms with Crippen LogP contribution >= 0.6 is 0 Å². The van der Waals surface area contributed by atoms with Crippen molar-refractivity contribution in [2.24, 2.45) is 11.8 Å². The van der Waals surface area contributed by atoms with Gasteiger partial charge in [0.2, 0.25) is 0 Å². The Morgan fingerprint density at radius 2 is 1.48 bits per heavy atom. The Morgan fingerprint density at radius 1 is 0.800 bits per heavy atom. The molecule has 1 aliphatic rings. The number of aryl methyl sites for hydroxylation is 1. The Bertz CT molecular complexity index is 505. The van der Waals surface area contributed by atoms with Crippen LogP contribution in [0.3, 0.4) is 0 Å². The molecule has 0 aliphatic heterocycles. The largest absolute Gasteiger partial charge is 0.0979 e. The van der Waals surface area contributed by atoms with E-state index in [9.17, 15) is 0 Å². The fourth-order valence-corrected chi connectivity index (χ4v) is 4.17. The minimum absolute atomic E-state index is 0.938. The molecule has 0 N–H and O–H groups in total. The van der Waals surface area contributed by atoms with Gasteiger partial charge in [0.05, 0.1) is 0 Å². The van der Waals surface area contributed by atoms with Crippen LogP contribution in [0, 0.1) is 23.7 Å². The Kier molecular flexibility index (Phi) is 9.79. The number of hydrogen-bond donors (Lipinski definition) is 0. The second kappa shape index (κ2) is 12.2. The molecule has 1 aliphatic carbocycles. The van der Waals surface area contributed by atoms with Gasteiger partial charge in [0.15, 0.2) is 0 Å². The highest BCUT2D eigenvalue weighted by Gasteiger charge is 2.19. The minimum Gasteiger partial charge on any atom is -0.0979 e. The van der Waals surface area contributed by atoms with E-state index < -0.39 is 0 Å². The van der Waals surface area contributed by atoms with E-state index in [1.54, 1.807) is 0 Å². The Balaban J connectivity index is 1.64. The summed E-state index contributed by atoms with van der Waals surface area (Å²) in [5, 5.41) is 0. The second-order valence-electron chi connectivity index (χ2n) is 8.02. The molecule has 0 aromatic heterocycles. The van der Waals surface area contributed by atoms with E-state index in [0.717, 1.165) is 18.3 Å². The predicted octanol–water partition coefficient (Wildman–Crippen LogP) is 7.55. The van der Waals surface area contributed by atoms with E-state index in [4.69, 9.17) is 0 Å². The normalized spacial score (nSPS) is 20.1. The van der Waals surface area contributed by atoms with Crippen LogP contribution in [-0.2, 0) is 6.42 Å². The van der Waals surface area contributed by atoms with Crippen LogP contribution in [0.15, 0.2) is 24.3 Å². The molecule has 0 amide bonds. The van der Waals surface area contributed by atoms with Gasteiger partial charge in [0, 0.05) is 12.0 Å². The van der Waals surface area contributed by atoms with E-state index in [0.29, 0.717) is 0 Å². The maximum absolute atomic E-state index is 3.41. The van der Waals surface area contributed by atoms with Crippen LogP contribution in [0.4, 0.5) is 0 Å². The molecule has 1 saturated carbocycles. The van der Waals surface area contributed by atoms with Crippen LogP contribution < -0.4 is 0 Å². The van der Waals surface area contributed by atoms with Crippen molar-refractivity contribution in [2.45, 2.75) is 97.3 Å². The first-order valence-electron chi connectivity index (χ1n) is 10.9. The van der Waals surface area contributed by atoms with Gasteiger partial charge in [-0.05, 0) is 48.8 Å². The van der Waals surface area contributed by atoms with Crippen LogP contribution in [-0.4, -0.2) is 0 Å². The zero-order chi connectivity index (χ0) is 17.7. The van der Waals surface area contributed by atoms with Gasteiger partial charge in [-0.15, -0.1) is 0 Å². The van der Waals surface area contributed by atoms with Gasteiger partial charge in [-0.2, -0.15) is 0 Å². The van der Waals surface area contributed by atoms with Gasteiger partial charge >= 0.3 is 0 Å². The maximum Gasteiger partial charge on any atom is 0.0245 e. The lowest BCUT2D eigenvalue weighted by atomic mass is 9.78. The van der Waals surface area contributed by atoms with E-state index in [1.807, 2.05) is 0 Å². The number of unbranched alkanes of at least 4 members (excludes halogenated alkanes) is 3. The quantitative estimate of drug-likeness (QED) is 0.322. The SMILES string of the molecule is CCCCCCc1ccc(C#CCCC2CCC(CCC)CC2)cc1. The summed E-state index contributed by atoms with van der Waals surface area (Å²) >= 11 is 0. The van der Waals surface area contributed by atoms with Crippen LogP contribution in [0.25, 0.3) is 0 Å². The average Bonchev–Trinajstić information content (AvgIpc) is 2.65. The monoisotopic (exact) mass is 338 g/mol. The summed E-state index contributed by atoms with van der Waals surface area (Å²) in [6.45, 7) is 4.59. The third-order valence-corrected chi connectivity index (χ3v) is 5.85. The van der Waals surface area contributed by atoms with Crippen molar-refractivity contribution in [3.8, 4) is 11.8 Å². The summed E-state index contributed by atoms with van der Waals surface area (Å²) in [4.78, 5) is 0. The summed E-state index contributed by atoms with van der Waals surface area (Å²) in [7, 11) is 0. The molecule has 25 heavy (non-hydrogen) atoms. The second-order valence-corrected chi connectivity index (χ2v) is 8.02. The molecule has 0 heteroatoms. The number of hydrogen-bond acceptors (Lipinski definition) is 0. The fraction of sp³-hybridized carbons (Fsp3) is 0.680. The molecule has 1 aromatic carbocycles. The molecular weight excluding hydrogens is 300 g/mol. The lowest BCUT2D eigenvalue weighted by molar-refractivity contribution is 0.254. The molecule has 1 fully saturated rings. The Morgan fingerprint density at radius 3 is 2.12 bits per heavy atom. The molecular formula is C25H38. The summed E-state index contributed by atoms with van der Waals surface area (Å²) < 4.78 is 0. The van der Waals surface area contributed by atoms with Crippen LogP contribution in [0.5, 0.6) is 0 Å². The zero-order valence-electron chi connectivity index (χ0n) is 16.7. The van der Waals surface area contributed by atoms with Gasteiger partial charge in [-0.1, -0.05) is 95.6 Å². The highest BCUT2D eigenvalue weighted by molar-refractivity contribution is 5.36. The van der Waals surface area contributed by atoms with Crippen molar-refractivity contribution in [1.82, 2.24) is 0 Å². The molecule has 0 spiro atoms. The van der Waals surface area contributed by atoms with Gasteiger partial charge in [0.25, 0.3) is 0 Å². The molecule has 0 nitrogen and oxygen atoms in total. The third kappa shape index (κ3) is 8.13. The Hall–Kier alpha value is -1.22. The van der Waals surface area contributed by atoms with E-state index >= 15 is 0 Å². The molecule has 138 valence electrons. The first kappa shape index (κ1) is 20.1. The highest BCUT2D eigenvalue weighted by Crippen LogP contribution is 2.33. The van der Waals surface area contributed by atoms with Crippen molar-refractivity contribution in [2.75, 3.05) is 0 Å². The molecule has 0 heterocycles. The third-order valence-electron chi connectivity index (χ3n) is 5.85. The van der Waals surface area contributed by atoms with Crippen molar-refractivity contribution in [1.29, 1.82) is 0 Å². The summed E-state index contributed by atoms with van der Waals surface area (Å²) in [5.74, 6) is 8.74. The molecule has 2 rings (SSSR count). The first-order valence-corrected chi connectivity index (χ1v) is 10.9. The van der Waals surface area contributed by atoms with Gasteiger partial charge in [-0.3, -0.25) is 0 Å². The summed E-state index contributed by atoms with van der Waals surface area (Å²) in [5.41, 5.74) is 2.65.